The first kappa shape index (κ1) is 15.7. The molecule has 1 aliphatic rings. The number of rotatable bonds is 6. The summed E-state index contributed by atoms with van der Waals surface area (Å²) >= 11 is 0. The van der Waals surface area contributed by atoms with E-state index in [9.17, 15) is 0 Å². The molecule has 0 aliphatic heterocycles. The summed E-state index contributed by atoms with van der Waals surface area (Å²) in [4.78, 5) is 3.85. The van der Waals surface area contributed by atoms with Crippen LogP contribution < -0.4 is 9.53 Å². The van der Waals surface area contributed by atoms with E-state index in [1.807, 2.05) is 21.7 Å². The summed E-state index contributed by atoms with van der Waals surface area (Å²) in [6.45, 7) is 2.85. The fourth-order valence-electron chi connectivity index (χ4n) is 3.24. The Labute approximate surface area is 147 Å². The smallest absolute Gasteiger partial charge is 0.231 e. The number of ether oxygens (including phenoxy) is 1. The van der Waals surface area contributed by atoms with Crippen LogP contribution in [0.5, 0.6) is 5.75 Å². The molecular weight excluding hydrogens is 314 g/mol. The first-order chi connectivity index (χ1) is 12.2. The monoisotopic (exact) mass is 336 g/mol. The van der Waals surface area contributed by atoms with Crippen LogP contribution >= 0.6 is 0 Å². The normalized spacial score (nSPS) is 15.1. The Hall–Kier alpha value is -2.76. The van der Waals surface area contributed by atoms with Crippen molar-refractivity contribution >= 4 is 0 Å². The van der Waals surface area contributed by atoms with Crippen molar-refractivity contribution in [2.75, 3.05) is 7.11 Å². The average molecular weight is 336 g/mol. The minimum Gasteiger partial charge on any atom is -0.497 e. The molecule has 0 radical (unpaired) electrons. The lowest BCUT2D eigenvalue weighted by Gasteiger charge is -2.13. The molecule has 0 bridgehead atoms. The second-order valence-electron chi connectivity index (χ2n) is 6.65. The highest BCUT2D eigenvalue weighted by molar-refractivity contribution is 5.32. The van der Waals surface area contributed by atoms with Gasteiger partial charge in [0.1, 0.15) is 23.0 Å². The van der Waals surface area contributed by atoms with Gasteiger partial charge in [0.2, 0.25) is 10.4 Å². The lowest BCUT2D eigenvalue weighted by molar-refractivity contribution is -0.833. The molecule has 25 heavy (non-hydrogen) atoms. The number of nitrogens with zero attached hydrogens (tertiary/aromatic N) is 5. The summed E-state index contributed by atoms with van der Waals surface area (Å²) in [5.41, 5.74) is 3.70. The highest BCUT2D eigenvalue weighted by atomic mass is 16.5. The van der Waals surface area contributed by atoms with Crippen molar-refractivity contribution in [2.24, 2.45) is 0 Å². The number of aromatic nitrogens is 5. The zero-order valence-corrected chi connectivity index (χ0v) is 14.6. The zero-order chi connectivity index (χ0) is 17.3. The van der Waals surface area contributed by atoms with E-state index in [4.69, 9.17) is 4.74 Å². The van der Waals surface area contributed by atoms with Crippen molar-refractivity contribution in [1.29, 1.82) is 0 Å². The van der Waals surface area contributed by atoms with Gasteiger partial charge in [0.05, 0.1) is 7.11 Å². The van der Waals surface area contributed by atoms with Crippen molar-refractivity contribution in [3.8, 4) is 5.75 Å². The van der Waals surface area contributed by atoms with Gasteiger partial charge in [-0.3, -0.25) is 0 Å². The number of methoxy groups -OCH3 is 1. The summed E-state index contributed by atoms with van der Waals surface area (Å²) < 4.78 is 5.21. The quantitative estimate of drug-likeness (QED) is 0.647. The van der Waals surface area contributed by atoms with E-state index in [1.54, 1.807) is 7.11 Å². The molecule has 0 saturated heterocycles. The van der Waals surface area contributed by atoms with Gasteiger partial charge in [-0.25, -0.2) is 0 Å². The zero-order valence-electron chi connectivity index (χ0n) is 14.6. The van der Waals surface area contributed by atoms with Crippen LogP contribution in [-0.2, 0) is 18.5 Å². The predicted molar refractivity (Wildman–Crippen MR) is 92.2 cm³/mol. The van der Waals surface area contributed by atoms with Crippen LogP contribution in [0.3, 0.4) is 0 Å². The third-order valence-electron chi connectivity index (χ3n) is 4.94. The van der Waals surface area contributed by atoms with Crippen LogP contribution in [0.1, 0.15) is 29.5 Å². The van der Waals surface area contributed by atoms with E-state index in [0.29, 0.717) is 0 Å². The largest absolute Gasteiger partial charge is 0.497 e. The Bertz CT molecular complexity index is 850. The van der Waals surface area contributed by atoms with Crippen LogP contribution in [0.15, 0.2) is 48.5 Å². The minimum absolute atomic E-state index is 0.0862. The number of hydrogen-bond donors (Lipinski definition) is 0. The molecule has 3 aromatic rings. The van der Waals surface area contributed by atoms with Gasteiger partial charge >= 0.3 is 0 Å². The van der Waals surface area contributed by atoms with Gasteiger partial charge in [0, 0.05) is 6.42 Å². The molecule has 2 aromatic carbocycles. The van der Waals surface area contributed by atoms with E-state index in [0.717, 1.165) is 31.6 Å². The first-order valence-electron chi connectivity index (χ1n) is 8.61. The molecule has 6 nitrogen and oxygen atoms in total. The van der Waals surface area contributed by atoms with Crippen LogP contribution in [-0.4, -0.2) is 27.5 Å². The van der Waals surface area contributed by atoms with Crippen molar-refractivity contribution in [2.45, 2.75) is 38.3 Å². The van der Waals surface area contributed by atoms with Crippen molar-refractivity contribution in [3.05, 3.63) is 65.2 Å². The van der Waals surface area contributed by atoms with Gasteiger partial charge in [-0.15, -0.1) is 0 Å². The van der Waals surface area contributed by atoms with Gasteiger partial charge < -0.3 is 4.74 Å². The average Bonchev–Trinajstić information content (AvgIpc) is 3.31. The maximum atomic E-state index is 5.21. The third-order valence-corrected chi connectivity index (χ3v) is 4.94. The molecule has 0 N–H and O–H groups in total. The Balaban J connectivity index is 1.53. The number of hydrogen-bond acceptors (Lipinski definition) is 4. The second-order valence-corrected chi connectivity index (χ2v) is 6.65. The molecule has 0 atom stereocenters. The summed E-state index contributed by atoms with van der Waals surface area (Å²) in [5.74, 6) is 0.873. The van der Waals surface area contributed by atoms with E-state index in [-0.39, 0.29) is 5.54 Å². The molecule has 6 heteroatoms. The topological polar surface area (TPSA) is 56.7 Å². The van der Waals surface area contributed by atoms with Gasteiger partial charge in [0.25, 0.3) is 0 Å². The number of benzene rings is 2. The highest BCUT2D eigenvalue weighted by Crippen LogP contribution is 2.47. The predicted octanol–water partition coefficient (Wildman–Crippen LogP) is 2.06. The molecule has 0 spiro atoms. The summed E-state index contributed by atoms with van der Waals surface area (Å²) in [5, 5.41) is 12.4. The van der Waals surface area contributed by atoms with E-state index in [1.165, 1.54) is 16.7 Å². The number of aryl methyl sites for hydroxylation is 3. The molecular formula is C19H22N5O+. The van der Waals surface area contributed by atoms with Crippen LogP contribution in [0.25, 0.3) is 0 Å². The molecule has 1 heterocycles. The molecule has 0 unspecified atom stereocenters. The Morgan fingerprint density at radius 3 is 2.44 bits per heavy atom. The Morgan fingerprint density at radius 1 is 1.08 bits per heavy atom. The molecule has 1 saturated carbocycles. The Morgan fingerprint density at radius 2 is 1.80 bits per heavy atom. The second kappa shape index (κ2) is 6.27. The summed E-state index contributed by atoms with van der Waals surface area (Å²) in [7, 11) is 1.68. The maximum absolute atomic E-state index is 5.21. The molecule has 1 fully saturated rings. The van der Waals surface area contributed by atoms with E-state index < -0.39 is 0 Å². The highest BCUT2D eigenvalue weighted by Gasteiger charge is 2.52. The fourth-order valence-corrected chi connectivity index (χ4v) is 3.24. The van der Waals surface area contributed by atoms with Crippen LogP contribution in [0.2, 0.25) is 0 Å². The summed E-state index contributed by atoms with van der Waals surface area (Å²) in [6, 6.07) is 16.8. The molecule has 1 aliphatic carbocycles. The van der Waals surface area contributed by atoms with Crippen molar-refractivity contribution < 1.29 is 9.53 Å². The SMILES string of the molecule is COc1ccc(CC[n+]2nnnn2C2(c3ccc(C)cc3)CC2)cc1. The van der Waals surface area contributed by atoms with Gasteiger partial charge in [-0.1, -0.05) is 46.8 Å². The van der Waals surface area contributed by atoms with Gasteiger partial charge in [0.15, 0.2) is 0 Å². The molecule has 0 amide bonds. The molecule has 1 aromatic heterocycles. The molecule has 128 valence electrons. The fraction of sp³-hybridized carbons (Fsp3) is 0.368. The van der Waals surface area contributed by atoms with Gasteiger partial charge in [-0.05, 0) is 47.8 Å². The lowest BCUT2D eigenvalue weighted by atomic mass is 10.0. The van der Waals surface area contributed by atoms with E-state index >= 15 is 0 Å². The van der Waals surface area contributed by atoms with Gasteiger partial charge in [-0.2, -0.15) is 0 Å². The lowest BCUT2D eigenvalue weighted by Crippen LogP contribution is -2.51. The van der Waals surface area contributed by atoms with E-state index in [2.05, 4.69) is 59.0 Å². The summed E-state index contributed by atoms with van der Waals surface area (Å²) in [6.07, 6.45) is 3.02. The standard InChI is InChI=1S/C19H22N5O/c1-15-3-7-17(8-4-15)19(12-13-19)24-22-20-21-23(24)14-11-16-5-9-18(25-2)10-6-16/h3-10H,11-14H2,1-2H3/q+1. The maximum Gasteiger partial charge on any atom is 0.231 e. The minimum atomic E-state index is -0.0862. The molecule has 4 rings (SSSR count). The van der Waals surface area contributed by atoms with Crippen LogP contribution in [0.4, 0.5) is 0 Å². The van der Waals surface area contributed by atoms with Crippen LogP contribution in [0, 0.1) is 6.92 Å². The van der Waals surface area contributed by atoms with Crippen molar-refractivity contribution in [3.63, 3.8) is 0 Å². The Kier molecular flexibility index (Phi) is 3.95. The first-order valence-corrected chi connectivity index (χ1v) is 8.61. The van der Waals surface area contributed by atoms with Crippen molar-refractivity contribution in [1.82, 2.24) is 20.4 Å². The third kappa shape index (κ3) is 2.99.